The summed E-state index contributed by atoms with van der Waals surface area (Å²) in [6, 6.07) is 7.18. The number of nitrogens with two attached hydrogens (primary N) is 1. The number of benzene rings is 1. The fourth-order valence-corrected chi connectivity index (χ4v) is 4.07. The van der Waals surface area contributed by atoms with Gasteiger partial charge in [-0.25, -0.2) is 13.1 Å². The molecule has 2 atom stereocenters. The maximum Gasteiger partial charge on any atom is 0.241 e. The van der Waals surface area contributed by atoms with Gasteiger partial charge in [-0.2, -0.15) is 0 Å². The van der Waals surface area contributed by atoms with Gasteiger partial charge in [0, 0.05) is 12.1 Å². The van der Waals surface area contributed by atoms with Gasteiger partial charge in [-0.05, 0) is 55.7 Å². The molecule has 2 unspecified atom stereocenters. The Bertz CT molecular complexity index is 579. The minimum absolute atomic E-state index is 0.315. The van der Waals surface area contributed by atoms with Crippen LogP contribution in [0.2, 0.25) is 0 Å². The first-order valence-corrected chi connectivity index (χ1v) is 9.14. The normalized spacial score (nSPS) is 20.0. The lowest BCUT2D eigenvalue weighted by Crippen LogP contribution is -2.52. The predicted octanol–water partition coefficient (Wildman–Crippen LogP) is 2.61. The molecule has 0 saturated heterocycles. The highest BCUT2D eigenvalue weighted by molar-refractivity contribution is 7.89. The van der Waals surface area contributed by atoms with Crippen LogP contribution < -0.4 is 10.5 Å². The van der Waals surface area contributed by atoms with Crippen molar-refractivity contribution in [3.63, 3.8) is 0 Å². The lowest BCUT2D eigenvalue weighted by molar-refractivity contribution is 0.374. The summed E-state index contributed by atoms with van der Waals surface area (Å²) < 4.78 is 27.9. The van der Waals surface area contributed by atoms with Crippen molar-refractivity contribution in [2.24, 2.45) is 11.7 Å². The lowest BCUT2D eigenvalue weighted by Gasteiger charge is -2.29. The van der Waals surface area contributed by atoms with Crippen LogP contribution >= 0.6 is 0 Å². The van der Waals surface area contributed by atoms with E-state index in [1.165, 1.54) is 5.56 Å². The topological polar surface area (TPSA) is 72.2 Å². The molecule has 1 aliphatic carbocycles. The van der Waals surface area contributed by atoms with Gasteiger partial charge in [0.15, 0.2) is 0 Å². The zero-order valence-electron chi connectivity index (χ0n) is 13.1. The third kappa shape index (κ3) is 3.65. The van der Waals surface area contributed by atoms with Crippen LogP contribution in [-0.4, -0.2) is 20.5 Å². The average Bonchev–Trinajstić information content (AvgIpc) is 3.31. The first kappa shape index (κ1) is 16.5. The van der Waals surface area contributed by atoms with Crippen molar-refractivity contribution in [1.29, 1.82) is 0 Å². The lowest BCUT2D eigenvalue weighted by atomic mass is 9.98. The summed E-state index contributed by atoms with van der Waals surface area (Å²) in [6.45, 7) is 6.48. The highest BCUT2D eigenvalue weighted by atomic mass is 32.2. The van der Waals surface area contributed by atoms with E-state index in [0.717, 1.165) is 19.3 Å². The Labute approximate surface area is 128 Å². The molecule has 0 bridgehead atoms. The fraction of sp³-hybridized carbons (Fsp3) is 0.625. The van der Waals surface area contributed by atoms with Crippen LogP contribution in [0.15, 0.2) is 29.2 Å². The van der Waals surface area contributed by atoms with Gasteiger partial charge in [0.1, 0.15) is 0 Å². The molecule has 0 heterocycles. The first-order chi connectivity index (χ1) is 9.82. The fourth-order valence-electron chi connectivity index (χ4n) is 2.59. The van der Waals surface area contributed by atoms with Crippen molar-refractivity contribution < 1.29 is 8.42 Å². The van der Waals surface area contributed by atoms with Crippen molar-refractivity contribution in [2.45, 2.75) is 56.4 Å². The minimum Gasteiger partial charge on any atom is -0.329 e. The van der Waals surface area contributed by atoms with E-state index < -0.39 is 15.6 Å². The van der Waals surface area contributed by atoms with Gasteiger partial charge in [-0.1, -0.05) is 26.0 Å². The minimum atomic E-state index is -3.51. The molecular formula is C16H26N2O2S. The number of rotatable bonds is 7. The molecule has 5 heteroatoms. The van der Waals surface area contributed by atoms with E-state index >= 15 is 0 Å². The van der Waals surface area contributed by atoms with Crippen LogP contribution in [0.25, 0.3) is 0 Å². The summed E-state index contributed by atoms with van der Waals surface area (Å²) in [7, 11) is -3.51. The van der Waals surface area contributed by atoms with E-state index in [2.05, 4.69) is 18.6 Å². The summed E-state index contributed by atoms with van der Waals surface area (Å²) in [6.07, 6.45) is 3.13. The van der Waals surface area contributed by atoms with Crippen molar-refractivity contribution in [1.82, 2.24) is 4.72 Å². The maximum absolute atomic E-state index is 12.5. The number of nitrogens with one attached hydrogen (secondary N) is 1. The van der Waals surface area contributed by atoms with Gasteiger partial charge in [0.05, 0.1) is 4.90 Å². The molecule has 0 aromatic heterocycles. The van der Waals surface area contributed by atoms with Gasteiger partial charge < -0.3 is 5.73 Å². The van der Waals surface area contributed by atoms with E-state index in [1.54, 1.807) is 12.1 Å². The van der Waals surface area contributed by atoms with Crippen molar-refractivity contribution in [2.75, 3.05) is 6.54 Å². The van der Waals surface area contributed by atoms with Crippen LogP contribution in [0.1, 0.15) is 51.5 Å². The molecule has 1 aliphatic rings. The third-order valence-electron chi connectivity index (χ3n) is 4.64. The van der Waals surface area contributed by atoms with Crippen LogP contribution in [0, 0.1) is 5.92 Å². The van der Waals surface area contributed by atoms with Gasteiger partial charge in [0.25, 0.3) is 0 Å². The van der Waals surface area contributed by atoms with Crippen molar-refractivity contribution >= 4 is 10.0 Å². The summed E-state index contributed by atoms with van der Waals surface area (Å²) in [4.78, 5) is 0.315. The second kappa shape index (κ2) is 6.07. The molecule has 0 aliphatic heterocycles. The smallest absolute Gasteiger partial charge is 0.241 e. The molecular weight excluding hydrogens is 284 g/mol. The second-order valence-electron chi connectivity index (χ2n) is 6.38. The number of hydrogen-bond acceptors (Lipinski definition) is 3. The van der Waals surface area contributed by atoms with E-state index in [-0.39, 0.29) is 0 Å². The van der Waals surface area contributed by atoms with Gasteiger partial charge in [0.2, 0.25) is 10.0 Å². The Morgan fingerprint density at radius 3 is 2.33 bits per heavy atom. The standard InChI is InChI=1S/C16H26N2O2S/c1-4-12(2)13-5-9-15(10-6-13)21(19,20)18-16(3,11-17)14-7-8-14/h5-6,9-10,12,14,18H,4,7-8,11,17H2,1-3H3. The zero-order valence-corrected chi connectivity index (χ0v) is 13.9. The van der Waals surface area contributed by atoms with Crippen LogP contribution in [0.5, 0.6) is 0 Å². The summed E-state index contributed by atoms with van der Waals surface area (Å²) in [5, 5.41) is 0. The molecule has 118 valence electrons. The maximum atomic E-state index is 12.5. The Morgan fingerprint density at radius 1 is 1.33 bits per heavy atom. The quantitative estimate of drug-likeness (QED) is 0.813. The monoisotopic (exact) mass is 310 g/mol. The molecule has 3 N–H and O–H groups in total. The van der Waals surface area contributed by atoms with Crippen LogP contribution in [-0.2, 0) is 10.0 Å². The molecule has 2 rings (SSSR count). The van der Waals surface area contributed by atoms with E-state index in [4.69, 9.17) is 5.73 Å². The van der Waals surface area contributed by atoms with Gasteiger partial charge >= 0.3 is 0 Å². The van der Waals surface area contributed by atoms with Crippen molar-refractivity contribution in [3.05, 3.63) is 29.8 Å². The molecule has 0 radical (unpaired) electrons. The Morgan fingerprint density at radius 2 is 1.90 bits per heavy atom. The third-order valence-corrected chi connectivity index (χ3v) is 6.27. The molecule has 0 spiro atoms. The molecule has 1 saturated carbocycles. The zero-order chi connectivity index (χ0) is 15.7. The van der Waals surface area contributed by atoms with E-state index in [0.29, 0.717) is 23.3 Å². The summed E-state index contributed by atoms with van der Waals surface area (Å²) in [5.41, 5.74) is 6.42. The molecule has 21 heavy (non-hydrogen) atoms. The highest BCUT2D eigenvalue weighted by Gasteiger charge is 2.43. The first-order valence-electron chi connectivity index (χ1n) is 7.66. The Hall–Kier alpha value is -0.910. The number of sulfonamides is 1. The summed E-state index contributed by atoms with van der Waals surface area (Å²) in [5.74, 6) is 0.798. The number of hydrogen-bond donors (Lipinski definition) is 2. The van der Waals surface area contributed by atoms with E-state index in [1.807, 2.05) is 19.1 Å². The van der Waals surface area contributed by atoms with E-state index in [9.17, 15) is 8.42 Å². The van der Waals surface area contributed by atoms with Gasteiger partial charge in [-0.3, -0.25) is 0 Å². The van der Waals surface area contributed by atoms with Crippen LogP contribution in [0.3, 0.4) is 0 Å². The second-order valence-corrected chi connectivity index (χ2v) is 8.06. The Balaban J connectivity index is 2.19. The average molecular weight is 310 g/mol. The van der Waals surface area contributed by atoms with Crippen molar-refractivity contribution in [3.8, 4) is 0 Å². The summed E-state index contributed by atoms with van der Waals surface area (Å²) >= 11 is 0. The molecule has 4 nitrogen and oxygen atoms in total. The highest BCUT2D eigenvalue weighted by Crippen LogP contribution is 2.39. The molecule has 1 fully saturated rings. The molecule has 0 amide bonds. The Kier molecular flexibility index (Phi) is 4.76. The SMILES string of the molecule is CCC(C)c1ccc(S(=O)(=O)NC(C)(CN)C2CC2)cc1. The van der Waals surface area contributed by atoms with Gasteiger partial charge in [-0.15, -0.1) is 0 Å². The molecule has 1 aromatic rings. The largest absolute Gasteiger partial charge is 0.329 e. The predicted molar refractivity (Wildman–Crippen MR) is 85.7 cm³/mol. The molecule has 1 aromatic carbocycles. The van der Waals surface area contributed by atoms with Crippen LogP contribution in [0.4, 0.5) is 0 Å².